The second kappa shape index (κ2) is 9.08. The summed E-state index contributed by atoms with van der Waals surface area (Å²) in [7, 11) is 0. The Morgan fingerprint density at radius 3 is 2.29 bits per heavy atom. The standard InChI is InChI=1S/C23H19FN4O3/c24-15-6-8-16(9-7-15)25-22(30)20-14-21(29)28-23(27-20)26-17-10-12-19(13-11-17)31-18-4-2-1-3-5-18/h1-13,20H,14H2,(H,25,30)(H2,26,27,28,29)/t20-/m0/s1. The number of carbonyl (C=O) groups excluding carboxylic acids is 2. The summed E-state index contributed by atoms with van der Waals surface area (Å²) in [5.74, 6) is 0.366. The van der Waals surface area contributed by atoms with Gasteiger partial charge in [-0.25, -0.2) is 9.38 Å². The van der Waals surface area contributed by atoms with Gasteiger partial charge in [-0.2, -0.15) is 0 Å². The van der Waals surface area contributed by atoms with E-state index in [-0.39, 0.29) is 18.3 Å². The summed E-state index contributed by atoms with van der Waals surface area (Å²) >= 11 is 0. The Kier molecular flexibility index (Phi) is 5.89. The van der Waals surface area contributed by atoms with Crippen molar-refractivity contribution in [3.8, 4) is 11.5 Å². The predicted molar refractivity (Wildman–Crippen MR) is 116 cm³/mol. The monoisotopic (exact) mass is 418 g/mol. The first-order valence-electron chi connectivity index (χ1n) is 9.59. The minimum absolute atomic E-state index is 0.0813. The molecule has 0 aromatic heterocycles. The van der Waals surface area contributed by atoms with E-state index in [0.29, 0.717) is 17.1 Å². The maximum absolute atomic E-state index is 13.0. The van der Waals surface area contributed by atoms with E-state index in [9.17, 15) is 14.0 Å². The second-order valence-corrected chi connectivity index (χ2v) is 6.81. The Hall–Kier alpha value is -4.20. The molecule has 4 rings (SSSR count). The van der Waals surface area contributed by atoms with Crippen LogP contribution in [0.4, 0.5) is 15.8 Å². The number of carbonyl (C=O) groups is 2. The van der Waals surface area contributed by atoms with Gasteiger partial charge in [0.25, 0.3) is 0 Å². The first kappa shape index (κ1) is 20.1. The van der Waals surface area contributed by atoms with Crippen molar-refractivity contribution in [1.29, 1.82) is 0 Å². The lowest BCUT2D eigenvalue weighted by Gasteiger charge is -2.21. The highest BCUT2D eigenvalue weighted by Gasteiger charge is 2.27. The highest BCUT2D eigenvalue weighted by molar-refractivity contribution is 6.10. The van der Waals surface area contributed by atoms with E-state index in [1.54, 1.807) is 24.3 Å². The van der Waals surface area contributed by atoms with Gasteiger partial charge in [-0.05, 0) is 60.7 Å². The van der Waals surface area contributed by atoms with Gasteiger partial charge in [0.05, 0.1) is 6.42 Å². The summed E-state index contributed by atoms with van der Waals surface area (Å²) in [6.07, 6.45) is -0.0813. The van der Waals surface area contributed by atoms with E-state index in [2.05, 4.69) is 20.9 Å². The Morgan fingerprint density at radius 2 is 1.58 bits per heavy atom. The molecule has 156 valence electrons. The third kappa shape index (κ3) is 5.45. The molecule has 0 saturated heterocycles. The number of nitrogens with one attached hydrogen (secondary N) is 3. The van der Waals surface area contributed by atoms with Gasteiger partial charge in [-0.15, -0.1) is 0 Å². The summed E-state index contributed by atoms with van der Waals surface area (Å²) in [5, 5.41) is 8.24. The molecule has 3 aromatic carbocycles. The van der Waals surface area contributed by atoms with Gasteiger partial charge in [0.15, 0.2) is 0 Å². The maximum atomic E-state index is 13.0. The molecule has 3 N–H and O–H groups in total. The van der Waals surface area contributed by atoms with Crippen LogP contribution in [0.2, 0.25) is 0 Å². The van der Waals surface area contributed by atoms with Crippen LogP contribution in [-0.2, 0) is 9.59 Å². The number of ether oxygens (including phenoxy) is 1. The van der Waals surface area contributed by atoms with E-state index in [0.717, 1.165) is 5.75 Å². The normalized spacial score (nSPS) is 15.5. The van der Waals surface area contributed by atoms with Crippen molar-refractivity contribution in [2.75, 3.05) is 10.6 Å². The molecule has 1 aliphatic rings. The van der Waals surface area contributed by atoms with Crippen LogP contribution >= 0.6 is 0 Å². The van der Waals surface area contributed by atoms with Crippen molar-refractivity contribution in [3.63, 3.8) is 0 Å². The second-order valence-electron chi connectivity index (χ2n) is 6.81. The third-order valence-electron chi connectivity index (χ3n) is 4.43. The van der Waals surface area contributed by atoms with Crippen molar-refractivity contribution in [1.82, 2.24) is 5.32 Å². The molecule has 1 heterocycles. The molecule has 0 bridgehead atoms. The van der Waals surface area contributed by atoms with E-state index < -0.39 is 17.8 Å². The molecule has 1 atom stereocenters. The minimum Gasteiger partial charge on any atom is -0.457 e. The number of aliphatic imine (C=N–C) groups is 1. The minimum atomic E-state index is -0.901. The van der Waals surface area contributed by atoms with Gasteiger partial charge in [0.2, 0.25) is 17.8 Å². The van der Waals surface area contributed by atoms with Gasteiger partial charge in [0.1, 0.15) is 23.4 Å². The number of hydrogen-bond donors (Lipinski definition) is 3. The number of halogens is 1. The number of rotatable bonds is 5. The maximum Gasteiger partial charge on any atom is 0.249 e. The molecule has 31 heavy (non-hydrogen) atoms. The van der Waals surface area contributed by atoms with Crippen molar-refractivity contribution in [2.45, 2.75) is 12.5 Å². The van der Waals surface area contributed by atoms with Gasteiger partial charge in [-0.1, -0.05) is 18.2 Å². The lowest BCUT2D eigenvalue weighted by atomic mass is 10.1. The highest BCUT2D eigenvalue weighted by Crippen LogP contribution is 2.23. The fraction of sp³-hybridized carbons (Fsp3) is 0.0870. The Morgan fingerprint density at radius 1 is 0.935 bits per heavy atom. The van der Waals surface area contributed by atoms with Gasteiger partial charge in [-0.3, -0.25) is 14.9 Å². The predicted octanol–water partition coefficient (Wildman–Crippen LogP) is 3.91. The third-order valence-corrected chi connectivity index (χ3v) is 4.43. The molecule has 0 saturated carbocycles. The summed E-state index contributed by atoms with van der Waals surface area (Å²) in [4.78, 5) is 28.8. The summed E-state index contributed by atoms with van der Waals surface area (Å²) in [5.41, 5.74) is 1.09. The largest absolute Gasteiger partial charge is 0.457 e. The Labute approximate surface area is 178 Å². The van der Waals surface area contributed by atoms with Crippen LogP contribution in [0.1, 0.15) is 6.42 Å². The van der Waals surface area contributed by atoms with Crippen molar-refractivity contribution < 1.29 is 18.7 Å². The fourth-order valence-electron chi connectivity index (χ4n) is 2.93. The van der Waals surface area contributed by atoms with Gasteiger partial charge < -0.3 is 15.4 Å². The van der Waals surface area contributed by atoms with E-state index >= 15 is 0 Å². The molecule has 0 spiro atoms. The average Bonchev–Trinajstić information content (AvgIpc) is 2.77. The van der Waals surface area contributed by atoms with E-state index in [1.807, 2.05) is 30.3 Å². The van der Waals surface area contributed by atoms with E-state index in [1.165, 1.54) is 24.3 Å². The number of guanidine groups is 1. The topological polar surface area (TPSA) is 91.8 Å². The molecule has 0 unspecified atom stereocenters. The zero-order valence-electron chi connectivity index (χ0n) is 16.3. The molecular weight excluding hydrogens is 399 g/mol. The van der Waals surface area contributed by atoms with Crippen LogP contribution in [0.3, 0.4) is 0 Å². The quantitative estimate of drug-likeness (QED) is 0.586. The highest BCUT2D eigenvalue weighted by atomic mass is 19.1. The number of benzene rings is 3. The van der Waals surface area contributed by atoms with Crippen LogP contribution in [0.15, 0.2) is 83.9 Å². The SMILES string of the molecule is O=C1C[C@@H](C(=O)Nc2ccc(F)cc2)N=C(Nc2ccc(Oc3ccccc3)cc2)N1. The molecule has 0 aliphatic carbocycles. The molecule has 0 fully saturated rings. The summed E-state index contributed by atoms with van der Waals surface area (Å²) in [6.45, 7) is 0. The molecule has 1 aliphatic heterocycles. The Balaban J connectivity index is 1.41. The molecule has 7 nitrogen and oxygen atoms in total. The number of para-hydroxylation sites is 1. The fourth-order valence-corrected chi connectivity index (χ4v) is 2.93. The molecule has 2 amide bonds. The first-order valence-corrected chi connectivity index (χ1v) is 9.59. The van der Waals surface area contributed by atoms with Crippen LogP contribution in [0, 0.1) is 5.82 Å². The van der Waals surface area contributed by atoms with Crippen molar-refractivity contribution in [2.24, 2.45) is 4.99 Å². The van der Waals surface area contributed by atoms with Crippen LogP contribution in [0.25, 0.3) is 0 Å². The van der Waals surface area contributed by atoms with Gasteiger partial charge >= 0.3 is 0 Å². The lowest BCUT2D eigenvalue weighted by molar-refractivity contribution is -0.124. The smallest absolute Gasteiger partial charge is 0.249 e. The van der Waals surface area contributed by atoms with Crippen molar-refractivity contribution in [3.05, 3.63) is 84.7 Å². The van der Waals surface area contributed by atoms with E-state index in [4.69, 9.17) is 4.74 Å². The molecular formula is C23H19FN4O3. The van der Waals surface area contributed by atoms with Crippen LogP contribution in [0.5, 0.6) is 11.5 Å². The average molecular weight is 418 g/mol. The van der Waals surface area contributed by atoms with Crippen LogP contribution in [-0.4, -0.2) is 23.8 Å². The van der Waals surface area contributed by atoms with Gasteiger partial charge in [0, 0.05) is 11.4 Å². The van der Waals surface area contributed by atoms with Crippen molar-refractivity contribution >= 4 is 29.1 Å². The summed E-state index contributed by atoms with van der Waals surface area (Å²) in [6, 6.07) is 21.0. The number of hydrogen-bond acceptors (Lipinski definition) is 5. The zero-order chi connectivity index (χ0) is 21.6. The van der Waals surface area contributed by atoms with Crippen LogP contribution < -0.4 is 20.7 Å². The lowest BCUT2D eigenvalue weighted by Crippen LogP contribution is -2.45. The molecule has 8 heteroatoms. The zero-order valence-corrected chi connectivity index (χ0v) is 16.3. The number of nitrogens with zero attached hydrogens (tertiary/aromatic N) is 1. The Bertz CT molecular complexity index is 1100. The number of amides is 2. The first-order chi connectivity index (χ1) is 15.0. The molecule has 3 aromatic rings. The number of anilines is 2. The molecule has 0 radical (unpaired) electrons. The summed E-state index contributed by atoms with van der Waals surface area (Å²) < 4.78 is 18.8.